The molecule has 0 heterocycles. The number of esters is 1. The molecule has 0 N–H and O–H groups in total. The lowest BCUT2D eigenvalue weighted by Crippen LogP contribution is -2.22. The van der Waals surface area contributed by atoms with Gasteiger partial charge in [0.15, 0.2) is 0 Å². The molecule has 0 aliphatic rings. The van der Waals surface area contributed by atoms with Gasteiger partial charge in [-0.1, -0.05) is 18.2 Å². The standard InChI is InChI=1S/C10H16O2/c1-8(2)6-7-9(11)12-10(3,4)5/h6-7H,1H2,2-5H3/b7-6+. The third-order valence-corrected chi connectivity index (χ3v) is 0.911. The van der Waals surface area contributed by atoms with Crippen LogP contribution >= 0.6 is 0 Å². The molecular formula is C10H16O2. The summed E-state index contributed by atoms with van der Waals surface area (Å²) >= 11 is 0. The van der Waals surface area contributed by atoms with E-state index in [1.807, 2.05) is 27.7 Å². The van der Waals surface area contributed by atoms with E-state index in [1.54, 1.807) is 6.08 Å². The Morgan fingerprint density at radius 1 is 1.33 bits per heavy atom. The highest BCUT2D eigenvalue weighted by atomic mass is 16.6. The van der Waals surface area contributed by atoms with Gasteiger partial charge in [-0.3, -0.25) is 0 Å². The molecule has 0 atom stereocenters. The maximum absolute atomic E-state index is 11.0. The average Bonchev–Trinajstić information content (AvgIpc) is 1.79. The number of carbonyl (C=O) groups excluding carboxylic acids is 1. The first kappa shape index (κ1) is 11.0. The van der Waals surface area contributed by atoms with Gasteiger partial charge in [-0.25, -0.2) is 4.79 Å². The van der Waals surface area contributed by atoms with Crippen LogP contribution in [0.5, 0.6) is 0 Å². The van der Waals surface area contributed by atoms with E-state index < -0.39 is 5.60 Å². The maximum atomic E-state index is 11.0. The zero-order valence-corrected chi connectivity index (χ0v) is 8.18. The van der Waals surface area contributed by atoms with Crippen LogP contribution in [0.3, 0.4) is 0 Å². The van der Waals surface area contributed by atoms with E-state index in [0.717, 1.165) is 5.57 Å². The molecule has 2 heteroatoms. The lowest BCUT2D eigenvalue weighted by atomic mass is 10.2. The third-order valence-electron chi connectivity index (χ3n) is 0.911. The summed E-state index contributed by atoms with van der Waals surface area (Å²) in [5.41, 5.74) is 0.414. The Morgan fingerprint density at radius 2 is 1.83 bits per heavy atom. The fourth-order valence-corrected chi connectivity index (χ4v) is 0.546. The van der Waals surface area contributed by atoms with Crippen LogP contribution in [0.2, 0.25) is 0 Å². The Kier molecular flexibility index (Phi) is 3.74. The Balaban J connectivity index is 3.99. The van der Waals surface area contributed by atoms with Crippen molar-refractivity contribution < 1.29 is 9.53 Å². The molecule has 0 aromatic heterocycles. The molecule has 0 unspecified atom stereocenters. The molecule has 12 heavy (non-hydrogen) atoms. The second-order valence-corrected chi connectivity index (χ2v) is 3.71. The molecule has 0 aromatic rings. The Hall–Kier alpha value is -1.05. The number of allylic oxidation sites excluding steroid dienone is 2. The van der Waals surface area contributed by atoms with E-state index >= 15 is 0 Å². The van der Waals surface area contributed by atoms with E-state index in [4.69, 9.17) is 4.74 Å². The van der Waals surface area contributed by atoms with Crippen LogP contribution < -0.4 is 0 Å². The van der Waals surface area contributed by atoms with Crippen molar-refractivity contribution in [3.63, 3.8) is 0 Å². The second-order valence-electron chi connectivity index (χ2n) is 3.71. The number of ether oxygens (including phenoxy) is 1. The third kappa shape index (κ3) is 7.06. The zero-order chi connectivity index (χ0) is 9.78. The largest absolute Gasteiger partial charge is 0.457 e. The van der Waals surface area contributed by atoms with Gasteiger partial charge >= 0.3 is 5.97 Å². The molecule has 0 bridgehead atoms. The SMILES string of the molecule is C=C(C)/C=C/C(=O)OC(C)(C)C. The average molecular weight is 168 g/mol. The zero-order valence-electron chi connectivity index (χ0n) is 8.18. The fourth-order valence-electron chi connectivity index (χ4n) is 0.546. The van der Waals surface area contributed by atoms with Crippen molar-refractivity contribution in [2.45, 2.75) is 33.3 Å². The first-order valence-electron chi connectivity index (χ1n) is 3.88. The van der Waals surface area contributed by atoms with E-state index in [1.165, 1.54) is 6.08 Å². The molecule has 0 spiro atoms. The lowest BCUT2D eigenvalue weighted by molar-refractivity contribution is -0.148. The molecule has 0 aliphatic heterocycles. The molecule has 0 rings (SSSR count). The summed E-state index contributed by atoms with van der Waals surface area (Å²) in [5.74, 6) is -0.328. The first-order valence-corrected chi connectivity index (χ1v) is 3.88. The van der Waals surface area contributed by atoms with Crippen molar-refractivity contribution in [2.24, 2.45) is 0 Å². The number of rotatable bonds is 2. The van der Waals surface area contributed by atoms with Crippen molar-refractivity contribution in [1.29, 1.82) is 0 Å². The number of hydrogen-bond acceptors (Lipinski definition) is 2. The van der Waals surface area contributed by atoms with Crippen LogP contribution in [0.1, 0.15) is 27.7 Å². The van der Waals surface area contributed by atoms with Gasteiger partial charge in [-0.05, 0) is 27.7 Å². The van der Waals surface area contributed by atoms with Crippen LogP contribution in [-0.4, -0.2) is 11.6 Å². The van der Waals surface area contributed by atoms with Crippen LogP contribution in [0.25, 0.3) is 0 Å². The number of carbonyl (C=O) groups is 1. The predicted octanol–water partition coefficient (Wildman–Crippen LogP) is 2.46. The van der Waals surface area contributed by atoms with Crippen LogP contribution in [0, 0.1) is 0 Å². The van der Waals surface area contributed by atoms with E-state index in [2.05, 4.69) is 6.58 Å². The molecule has 0 aromatic carbocycles. The highest BCUT2D eigenvalue weighted by molar-refractivity contribution is 5.82. The summed E-state index contributed by atoms with van der Waals surface area (Å²) in [4.78, 5) is 11.0. The van der Waals surface area contributed by atoms with Gasteiger partial charge in [0.05, 0.1) is 0 Å². The molecule has 0 saturated carbocycles. The maximum Gasteiger partial charge on any atom is 0.331 e. The van der Waals surface area contributed by atoms with Gasteiger partial charge in [-0.15, -0.1) is 0 Å². The van der Waals surface area contributed by atoms with Crippen molar-refractivity contribution in [3.05, 3.63) is 24.3 Å². The summed E-state index contributed by atoms with van der Waals surface area (Å²) in [7, 11) is 0. The van der Waals surface area contributed by atoms with Crippen LogP contribution in [-0.2, 0) is 9.53 Å². The van der Waals surface area contributed by atoms with Gasteiger partial charge in [0, 0.05) is 6.08 Å². The predicted molar refractivity (Wildman–Crippen MR) is 49.8 cm³/mol. The second kappa shape index (κ2) is 4.10. The monoisotopic (exact) mass is 168 g/mol. The minimum absolute atomic E-state index is 0.328. The quantitative estimate of drug-likeness (QED) is 0.359. The topological polar surface area (TPSA) is 26.3 Å². The minimum Gasteiger partial charge on any atom is -0.457 e. The van der Waals surface area contributed by atoms with Crippen molar-refractivity contribution in [1.82, 2.24) is 0 Å². The molecule has 2 nitrogen and oxygen atoms in total. The lowest BCUT2D eigenvalue weighted by Gasteiger charge is -2.17. The van der Waals surface area contributed by atoms with Gasteiger partial charge in [0.1, 0.15) is 5.60 Å². The number of hydrogen-bond donors (Lipinski definition) is 0. The van der Waals surface area contributed by atoms with Gasteiger partial charge in [0.2, 0.25) is 0 Å². The summed E-state index contributed by atoms with van der Waals surface area (Å²) in [5, 5.41) is 0. The molecule has 0 aliphatic carbocycles. The van der Waals surface area contributed by atoms with Crippen LogP contribution in [0.4, 0.5) is 0 Å². The molecule has 0 fully saturated rings. The molecule has 0 saturated heterocycles. The van der Waals surface area contributed by atoms with E-state index in [9.17, 15) is 4.79 Å². The summed E-state index contributed by atoms with van der Waals surface area (Å²) in [6.45, 7) is 10.9. The Labute approximate surface area is 73.9 Å². The molecule has 0 amide bonds. The Bertz CT molecular complexity index is 206. The Morgan fingerprint density at radius 3 is 2.17 bits per heavy atom. The van der Waals surface area contributed by atoms with E-state index in [-0.39, 0.29) is 5.97 Å². The van der Waals surface area contributed by atoms with E-state index in [0.29, 0.717) is 0 Å². The summed E-state index contributed by atoms with van der Waals surface area (Å²) < 4.78 is 5.02. The fraction of sp³-hybridized carbons (Fsp3) is 0.500. The van der Waals surface area contributed by atoms with Gasteiger partial charge < -0.3 is 4.74 Å². The minimum atomic E-state index is -0.420. The van der Waals surface area contributed by atoms with Crippen molar-refractivity contribution in [3.8, 4) is 0 Å². The first-order chi connectivity index (χ1) is 5.31. The molecule has 68 valence electrons. The van der Waals surface area contributed by atoms with Crippen LogP contribution in [0.15, 0.2) is 24.3 Å². The van der Waals surface area contributed by atoms with Gasteiger partial charge in [-0.2, -0.15) is 0 Å². The van der Waals surface area contributed by atoms with Crippen molar-refractivity contribution >= 4 is 5.97 Å². The highest BCUT2D eigenvalue weighted by Crippen LogP contribution is 2.07. The highest BCUT2D eigenvalue weighted by Gasteiger charge is 2.13. The van der Waals surface area contributed by atoms with Crippen molar-refractivity contribution in [2.75, 3.05) is 0 Å². The molecular weight excluding hydrogens is 152 g/mol. The smallest absolute Gasteiger partial charge is 0.331 e. The van der Waals surface area contributed by atoms with Gasteiger partial charge in [0.25, 0.3) is 0 Å². The molecule has 0 radical (unpaired) electrons. The summed E-state index contributed by atoms with van der Waals surface area (Å²) in [6, 6.07) is 0. The summed E-state index contributed by atoms with van der Waals surface area (Å²) in [6.07, 6.45) is 3.02. The normalized spacial score (nSPS) is 11.7.